The quantitative estimate of drug-likeness (QED) is 0.313. The Morgan fingerprint density at radius 1 is 1.41 bits per heavy atom. The van der Waals surface area contributed by atoms with Crippen molar-refractivity contribution in [2.75, 3.05) is 27.2 Å². The Bertz CT molecular complexity index is 463. The number of nitrogens with one attached hydrogen (secondary N) is 2. The molecule has 1 unspecified atom stereocenters. The third-order valence-corrected chi connectivity index (χ3v) is 4.58. The van der Waals surface area contributed by atoms with Crippen LogP contribution in [0.15, 0.2) is 34.7 Å². The number of guanidine groups is 1. The molecule has 1 aromatic heterocycles. The van der Waals surface area contributed by atoms with Crippen molar-refractivity contribution in [1.82, 2.24) is 15.5 Å². The van der Waals surface area contributed by atoms with E-state index in [2.05, 4.69) is 66.2 Å². The molecule has 6 heteroatoms. The van der Waals surface area contributed by atoms with E-state index in [1.165, 1.54) is 4.88 Å². The van der Waals surface area contributed by atoms with Crippen LogP contribution in [0.3, 0.4) is 0 Å². The molecule has 0 bridgehead atoms. The highest BCUT2D eigenvalue weighted by Crippen LogP contribution is 2.23. The first-order valence-corrected chi connectivity index (χ1v) is 8.48. The Balaban J connectivity index is 0.00000242. The third kappa shape index (κ3) is 5.89. The van der Waals surface area contributed by atoms with Gasteiger partial charge in [-0.15, -0.1) is 35.3 Å². The predicted molar refractivity (Wildman–Crippen MR) is 107 cm³/mol. The number of likely N-dealkylation sites (N-methyl/N-ethyl adjacent to an activating group) is 1. The van der Waals surface area contributed by atoms with Crippen molar-refractivity contribution >= 4 is 41.3 Å². The Kier molecular flexibility index (Phi) is 9.04. The lowest BCUT2D eigenvalue weighted by Gasteiger charge is -2.23. The number of aliphatic imine (C=N–C) groups is 1. The van der Waals surface area contributed by atoms with Gasteiger partial charge < -0.3 is 15.5 Å². The molecule has 0 aromatic carbocycles. The molecule has 0 saturated carbocycles. The summed E-state index contributed by atoms with van der Waals surface area (Å²) in [6.07, 6.45) is 6.64. The van der Waals surface area contributed by atoms with Crippen LogP contribution in [0.4, 0.5) is 0 Å². The largest absolute Gasteiger partial charge is 0.357 e. The van der Waals surface area contributed by atoms with Gasteiger partial charge in [0.25, 0.3) is 0 Å². The average molecular weight is 434 g/mol. The topological polar surface area (TPSA) is 39.7 Å². The molecule has 2 N–H and O–H groups in total. The molecule has 1 aliphatic rings. The number of halogens is 1. The summed E-state index contributed by atoms with van der Waals surface area (Å²) in [5.41, 5.74) is 0. The molecule has 0 saturated heterocycles. The Labute approximate surface area is 155 Å². The highest BCUT2D eigenvalue weighted by molar-refractivity contribution is 14.0. The number of nitrogens with zero attached hydrogens (tertiary/aromatic N) is 2. The van der Waals surface area contributed by atoms with E-state index in [4.69, 9.17) is 4.99 Å². The van der Waals surface area contributed by atoms with Crippen molar-refractivity contribution in [2.45, 2.75) is 31.8 Å². The standard InChI is InChI=1S/C16H26N4S.HI/c1-4-17-16(19-13-8-5-6-9-13)18-12-14(20(2)3)15-10-7-11-21-15;/h5-7,10-11,13-14H,4,8-9,12H2,1-3H3,(H2,17,18,19);1H. The first kappa shape index (κ1) is 19.4. The lowest BCUT2D eigenvalue weighted by atomic mass is 10.2. The fourth-order valence-corrected chi connectivity index (χ4v) is 3.33. The molecule has 1 aliphatic carbocycles. The summed E-state index contributed by atoms with van der Waals surface area (Å²) < 4.78 is 0. The van der Waals surface area contributed by atoms with E-state index in [1.54, 1.807) is 11.3 Å². The maximum absolute atomic E-state index is 4.79. The summed E-state index contributed by atoms with van der Waals surface area (Å²) in [6.45, 7) is 3.76. The minimum atomic E-state index is 0. The molecule has 1 atom stereocenters. The van der Waals surface area contributed by atoms with Gasteiger partial charge in [0, 0.05) is 17.5 Å². The van der Waals surface area contributed by atoms with Crippen molar-refractivity contribution in [2.24, 2.45) is 4.99 Å². The molecule has 124 valence electrons. The van der Waals surface area contributed by atoms with Crippen LogP contribution in [0.2, 0.25) is 0 Å². The average Bonchev–Trinajstić information content (AvgIpc) is 3.11. The van der Waals surface area contributed by atoms with Crippen molar-refractivity contribution in [3.05, 3.63) is 34.5 Å². The van der Waals surface area contributed by atoms with Crippen LogP contribution in [0.5, 0.6) is 0 Å². The Hall–Kier alpha value is -0.600. The summed E-state index contributed by atoms with van der Waals surface area (Å²) in [6, 6.07) is 5.12. The van der Waals surface area contributed by atoms with Crippen molar-refractivity contribution < 1.29 is 0 Å². The molecule has 22 heavy (non-hydrogen) atoms. The SMILES string of the molecule is CCNC(=NCC(c1cccs1)N(C)C)NC1CC=CC1.I. The second kappa shape index (κ2) is 10.2. The van der Waals surface area contributed by atoms with E-state index >= 15 is 0 Å². The fourth-order valence-electron chi connectivity index (χ4n) is 2.41. The molecule has 0 radical (unpaired) electrons. The fraction of sp³-hybridized carbons (Fsp3) is 0.562. The lowest BCUT2D eigenvalue weighted by Crippen LogP contribution is -2.43. The molecule has 1 aromatic rings. The van der Waals surface area contributed by atoms with E-state index in [9.17, 15) is 0 Å². The van der Waals surface area contributed by atoms with E-state index in [-0.39, 0.29) is 24.0 Å². The normalized spacial score (nSPS) is 16.6. The predicted octanol–water partition coefficient (Wildman–Crippen LogP) is 3.24. The Morgan fingerprint density at radius 2 is 2.14 bits per heavy atom. The third-order valence-electron chi connectivity index (χ3n) is 3.61. The maximum Gasteiger partial charge on any atom is 0.191 e. The summed E-state index contributed by atoms with van der Waals surface area (Å²) in [4.78, 5) is 8.38. The number of hydrogen-bond acceptors (Lipinski definition) is 3. The molecular weight excluding hydrogens is 407 g/mol. The van der Waals surface area contributed by atoms with Crippen LogP contribution >= 0.6 is 35.3 Å². The van der Waals surface area contributed by atoms with Gasteiger partial charge in [0.1, 0.15) is 0 Å². The first-order valence-electron chi connectivity index (χ1n) is 7.60. The highest BCUT2D eigenvalue weighted by atomic mass is 127. The minimum Gasteiger partial charge on any atom is -0.357 e. The zero-order valence-corrected chi connectivity index (χ0v) is 16.7. The molecule has 2 rings (SSSR count). The van der Waals surface area contributed by atoms with Crippen LogP contribution in [0.25, 0.3) is 0 Å². The molecule has 0 spiro atoms. The second-order valence-electron chi connectivity index (χ2n) is 5.50. The summed E-state index contributed by atoms with van der Waals surface area (Å²) in [5.74, 6) is 0.926. The minimum absolute atomic E-state index is 0. The molecule has 0 amide bonds. The van der Waals surface area contributed by atoms with Gasteiger partial charge in [0.15, 0.2) is 5.96 Å². The molecule has 0 fully saturated rings. The van der Waals surface area contributed by atoms with E-state index in [1.807, 2.05) is 0 Å². The van der Waals surface area contributed by atoms with E-state index in [0.29, 0.717) is 12.1 Å². The van der Waals surface area contributed by atoms with Gasteiger partial charge >= 0.3 is 0 Å². The highest BCUT2D eigenvalue weighted by Gasteiger charge is 2.16. The van der Waals surface area contributed by atoms with Crippen LogP contribution in [0.1, 0.15) is 30.7 Å². The number of rotatable bonds is 6. The van der Waals surface area contributed by atoms with Gasteiger partial charge in [-0.1, -0.05) is 18.2 Å². The lowest BCUT2D eigenvalue weighted by molar-refractivity contribution is 0.310. The summed E-state index contributed by atoms with van der Waals surface area (Å²) in [7, 11) is 4.22. The van der Waals surface area contributed by atoms with Gasteiger partial charge in [-0.25, -0.2) is 0 Å². The number of thiophene rings is 1. The molecule has 1 heterocycles. The van der Waals surface area contributed by atoms with Crippen molar-refractivity contribution in [3.8, 4) is 0 Å². The van der Waals surface area contributed by atoms with Crippen molar-refractivity contribution in [1.29, 1.82) is 0 Å². The monoisotopic (exact) mass is 434 g/mol. The van der Waals surface area contributed by atoms with Crippen molar-refractivity contribution in [3.63, 3.8) is 0 Å². The number of hydrogen-bond donors (Lipinski definition) is 2. The maximum atomic E-state index is 4.79. The van der Waals surface area contributed by atoms with Crippen LogP contribution in [-0.4, -0.2) is 44.1 Å². The summed E-state index contributed by atoms with van der Waals surface area (Å²) in [5, 5.41) is 8.99. The van der Waals surface area contributed by atoms with Crippen LogP contribution in [0, 0.1) is 0 Å². The van der Waals surface area contributed by atoms with Gasteiger partial charge in [0.2, 0.25) is 0 Å². The van der Waals surface area contributed by atoms with Gasteiger partial charge in [-0.3, -0.25) is 4.99 Å². The second-order valence-corrected chi connectivity index (χ2v) is 6.48. The first-order chi connectivity index (χ1) is 10.2. The van der Waals surface area contributed by atoms with Crippen LogP contribution in [-0.2, 0) is 0 Å². The molecular formula is C16H27IN4S. The van der Waals surface area contributed by atoms with Gasteiger partial charge in [-0.2, -0.15) is 0 Å². The molecule has 0 aliphatic heterocycles. The summed E-state index contributed by atoms with van der Waals surface area (Å²) >= 11 is 1.80. The van der Waals surface area contributed by atoms with E-state index < -0.39 is 0 Å². The Morgan fingerprint density at radius 3 is 2.68 bits per heavy atom. The zero-order chi connectivity index (χ0) is 15.1. The smallest absolute Gasteiger partial charge is 0.191 e. The van der Waals surface area contributed by atoms with Crippen LogP contribution < -0.4 is 10.6 Å². The van der Waals surface area contributed by atoms with Gasteiger partial charge in [-0.05, 0) is 45.3 Å². The zero-order valence-electron chi connectivity index (χ0n) is 13.6. The van der Waals surface area contributed by atoms with E-state index in [0.717, 1.165) is 31.9 Å². The van der Waals surface area contributed by atoms with Gasteiger partial charge in [0.05, 0.1) is 12.6 Å². The molecule has 4 nitrogen and oxygen atoms in total.